The molecular weight excluding hydrogens is 286 g/mol. The lowest BCUT2D eigenvalue weighted by atomic mass is 10.0. The molecule has 1 atom stereocenters. The topological polar surface area (TPSA) is 80.8 Å². The molecule has 0 saturated carbocycles. The Morgan fingerprint density at radius 3 is 2.23 bits per heavy atom. The minimum atomic E-state index is -1.09. The molecule has 1 heterocycles. The first kappa shape index (κ1) is 15.6. The van der Waals surface area contributed by atoms with Gasteiger partial charge in [0, 0.05) is 18.6 Å². The molecule has 6 nitrogen and oxygen atoms in total. The van der Waals surface area contributed by atoms with Gasteiger partial charge in [-0.2, -0.15) is 0 Å². The van der Waals surface area contributed by atoms with Gasteiger partial charge in [-0.1, -0.05) is 30.3 Å². The Balaban J connectivity index is 2.20. The van der Waals surface area contributed by atoms with Crippen molar-refractivity contribution in [1.29, 1.82) is 0 Å². The second-order valence-corrected chi connectivity index (χ2v) is 4.90. The summed E-state index contributed by atoms with van der Waals surface area (Å²) in [5, 5.41) is 0. The molecule has 0 spiro atoms. The first-order chi connectivity index (χ1) is 10.5. The maximum Gasteiger partial charge on any atom is 0.330 e. The van der Waals surface area contributed by atoms with E-state index in [0.29, 0.717) is 0 Å². The number of amides is 2. The minimum Gasteiger partial charge on any atom is -0.456 e. The highest BCUT2D eigenvalue weighted by atomic mass is 16.5. The molecular formula is C16H15NO5. The van der Waals surface area contributed by atoms with Gasteiger partial charge in [0.2, 0.25) is 0 Å². The van der Waals surface area contributed by atoms with E-state index in [4.69, 9.17) is 4.74 Å². The van der Waals surface area contributed by atoms with Crippen LogP contribution in [0, 0.1) is 0 Å². The summed E-state index contributed by atoms with van der Waals surface area (Å²) in [4.78, 5) is 47.6. The van der Waals surface area contributed by atoms with E-state index in [9.17, 15) is 19.2 Å². The van der Waals surface area contributed by atoms with Crippen molar-refractivity contribution in [2.45, 2.75) is 19.4 Å². The Kier molecular flexibility index (Phi) is 4.83. The van der Waals surface area contributed by atoms with E-state index in [1.807, 2.05) is 6.07 Å². The number of hydrogen-bond donors (Lipinski definition) is 0. The smallest absolute Gasteiger partial charge is 0.330 e. The van der Waals surface area contributed by atoms with Crippen molar-refractivity contribution in [3.05, 3.63) is 48.0 Å². The van der Waals surface area contributed by atoms with Gasteiger partial charge in [-0.05, 0) is 12.5 Å². The number of benzene rings is 1. The normalized spacial score (nSPS) is 15.0. The molecule has 0 fully saturated rings. The van der Waals surface area contributed by atoms with E-state index < -0.39 is 23.8 Å². The van der Waals surface area contributed by atoms with Gasteiger partial charge in [0.25, 0.3) is 11.8 Å². The van der Waals surface area contributed by atoms with Crippen molar-refractivity contribution < 1.29 is 23.9 Å². The highest BCUT2D eigenvalue weighted by Crippen LogP contribution is 2.16. The number of imide groups is 1. The predicted octanol–water partition coefficient (Wildman–Crippen LogP) is 0.655. The molecule has 22 heavy (non-hydrogen) atoms. The van der Waals surface area contributed by atoms with E-state index in [0.717, 1.165) is 22.6 Å². The first-order valence-corrected chi connectivity index (χ1v) is 6.74. The van der Waals surface area contributed by atoms with Gasteiger partial charge in [0.05, 0.1) is 0 Å². The maximum absolute atomic E-state index is 12.2. The van der Waals surface area contributed by atoms with Crippen LogP contribution >= 0.6 is 0 Å². The van der Waals surface area contributed by atoms with E-state index in [1.165, 1.54) is 6.92 Å². The van der Waals surface area contributed by atoms with Crippen molar-refractivity contribution in [3.63, 3.8) is 0 Å². The first-order valence-electron chi connectivity index (χ1n) is 6.74. The molecule has 0 saturated heterocycles. The molecule has 1 aromatic rings. The molecule has 2 amide bonds. The van der Waals surface area contributed by atoms with Crippen LogP contribution in [-0.2, 0) is 30.3 Å². The Hall–Kier alpha value is -2.76. The Bertz CT molecular complexity index is 617. The second kappa shape index (κ2) is 6.80. The van der Waals surface area contributed by atoms with Crippen LogP contribution in [0.25, 0.3) is 0 Å². The number of hydrogen-bond acceptors (Lipinski definition) is 5. The predicted molar refractivity (Wildman–Crippen MR) is 76.6 cm³/mol. The molecule has 1 aliphatic heterocycles. The highest BCUT2D eigenvalue weighted by molar-refractivity contribution is 6.14. The van der Waals surface area contributed by atoms with Gasteiger partial charge in [0.1, 0.15) is 12.6 Å². The number of carbonyl (C=O) groups is 4. The lowest BCUT2D eigenvalue weighted by Crippen LogP contribution is -2.47. The molecule has 0 radical (unpaired) electrons. The summed E-state index contributed by atoms with van der Waals surface area (Å²) in [6, 6.07) is 7.88. The molecule has 0 aromatic heterocycles. The fraction of sp³-hybridized carbons (Fsp3) is 0.250. The van der Waals surface area contributed by atoms with Crippen LogP contribution in [0.15, 0.2) is 42.5 Å². The standard InChI is InChI=1S/C16H15NO5/c1-11(18)10-22-16(21)13(9-12-5-3-2-4-6-12)17-14(19)7-8-15(17)20/h2-8,13H,9-10H2,1H3. The van der Waals surface area contributed by atoms with Gasteiger partial charge >= 0.3 is 5.97 Å². The van der Waals surface area contributed by atoms with Crippen molar-refractivity contribution in [2.24, 2.45) is 0 Å². The van der Waals surface area contributed by atoms with Crippen molar-refractivity contribution in [1.82, 2.24) is 4.90 Å². The van der Waals surface area contributed by atoms with Gasteiger partial charge in [-0.25, -0.2) is 4.79 Å². The molecule has 0 N–H and O–H groups in total. The molecule has 114 valence electrons. The highest BCUT2D eigenvalue weighted by Gasteiger charge is 2.37. The lowest BCUT2D eigenvalue weighted by Gasteiger charge is -2.24. The van der Waals surface area contributed by atoms with Crippen LogP contribution < -0.4 is 0 Å². The average molecular weight is 301 g/mol. The fourth-order valence-electron chi connectivity index (χ4n) is 2.11. The summed E-state index contributed by atoms with van der Waals surface area (Å²) in [5.74, 6) is -2.22. The molecule has 1 unspecified atom stereocenters. The molecule has 0 bridgehead atoms. The second-order valence-electron chi connectivity index (χ2n) is 4.90. The van der Waals surface area contributed by atoms with Gasteiger partial charge in [-0.3, -0.25) is 19.3 Å². The van der Waals surface area contributed by atoms with E-state index in [-0.39, 0.29) is 18.8 Å². The van der Waals surface area contributed by atoms with Crippen LogP contribution in [0.5, 0.6) is 0 Å². The van der Waals surface area contributed by atoms with E-state index >= 15 is 0 Å². The average Bonchev–Trinajstić information content (AvgIpc) is 2.82. The Morgan fingerprint density at radius 1 is 1.09 bits per heavy atom. The number of esters is 1. The van der Waals surface area contributed by atoms with Crippen molar-refractivity contribution >= 4 is 23.6 Å². The fourth-order valence-corrected chi connectivity index (χ4v) is 2.11. The quantitative estimate of drug-likeness (QED) is 0.569. The number of ketones is 1. The third-order valence-corrected chi connectivity index (χ3v) is 3.12. The Labute approximate surface area is 127 Å². The van der Waals surface area contributed by atoms with E-state index in [2.05, 4.69) is 0 Å². The third kappa shape index (κ3) is 3.66. The molecule has 6 heteroatoms. The van der Waals surface area contributed by atoms with Gasteiger partial charge in [-0.15, -0.1) is 0 Å². The molecule has 1 aliphatic rings. The van der Waals surface area contributed by atoms with Gasteiger partial charge in [0.15, 0.2) is 5.78 Å². The minimum absolute atomic E-state index is 0.136. The number of nitrogens with zero attached hydrogens (tertiary/aromatic N) is 1. The summed E-state index contributed by atoms with van der Waals surface area (Å²) in [6.45, 7) is 0.904. The van der Waals surface area contributed by atoms with E-state index in [1.54, 1.807) is 24.3 Å². The summed E-state index contributed by atoms with van der Waals surface area (Å²) in [7, 11) is 0. The van der Waals surface area contributed by atoms with Crippen LogP contribution in [0.4, 0.5) is 0 Å². The zero-order chi connectivity index (χ0) is 16.1. The van der Waals surface area contributed by atoms with Crippen molar-refractivity contribution in [2.75, 3.05) is 6.61 Å². The van der Waals surface area contributed by atoms with Crippen LogP contribution in [0.2, 0.25) is 0 Å². The van der Waals surface area contributed by atoms with Gasteiger partial charge < -0.3 is 4.74 Å². The summed E-state index contributed by atoms with van der Waals surface area (Å²) < 4.78 is 4.88. The molecule has 0 aliphatic carbocycles. The molecule has 1 aromatic carbocycles. The van der Waals surface area contributed by atoms with Crippen LogP contribution in [0.1, 0.15) is 12.5 Å². The van der Waals surface area contributed by atoms with Crippen LogP contribution in [-0.4, -0.2) is 41.1 Å². The van der Waals surface area contributed by atoms with Crippen LogP contribution in [0.3, 0.4) is 0 Å². The third-order valence-electron chi connectivity index (χ3n) is 3.12. The summed E-state index contributed by atoms with van der Waals surface area (Å²) in [6.07, 6.45) is 2.36. The number of ether oxygens (including phenoxy) is 1. The Morgan fingerprint density at radius 2 is 1.68 bits per heavy atom. The number of Topliss-reactive ketones (excluding diaryl/α,β-unsaturated/α-hetero) is 1. The number of carbonyl (C=O) groups excluding carboxylic acids is 4. The zero-order valence-electron chi connectivity index (χ0n) is 12.0. The number of rotatable bonds is 6. The summed E-state index contributed by atoms with van der Waals surface area (Å²) >= 11 is 0. The molecule has 2 rings (SSSR count). The summed E-state index contributed by atoms with van der Waals surface area (Å²) in [5.41, 5.74) is 0.778. The SMILES string of the molecule is CC(=O)COC(=O)C(Cc1ccccc1)N1C(=O)C=CC1=O. The lowest BCUT2D eigenvalue weighted by molar-refractivity contribution is -0.158. The monoisotopic (exact) mass is 301 g/mol. The maximum atomic E-state index is 12.2. The zero-order valence-corrected chi connectivity index (χ0v) is 12.0. The van der Waals surface area contributed by atoms with Crippen molar-refractivity contribution in [3.8, 4) is 0 Å². The largest absolute Gasteiger partial charge is 0.456 e.